The quantitative estimate of drug-likeness (QED) is 0.600. The Bertz CT molecular complexity index is 311. The minimum absolute atomic E-state index is 0.471. The van der Waals surface area contributed by atoms with Gasteiger partial charge in [0.1, 0.15) is 0 Å². The molecule has 0 aromatic heterocycles. The number of rotatable bonds is 6. The van der Waals surface area contributed by atoms with E-state index in [0.717, 1.165) is 5.92 Å². The van der Waals surface area contributed by atoms with Crippen LogP contribution in [0.15, 0.2) is 28.7 Å². The molecule has 0 aliphatic carbocycles. The van der Waals surface area contributed by atoms with Gasteiger partial charge in [-0.25, -0.2) is 0 Å². The van der Waals surface area contributed by atoms with Crippen molar-refractivity contribution in [2.75, 3.05) is 5.88 Å². The Labute approximate surface area is 113 Å². The van der Waals surface area contributed by atoms with Gasteiger partial charge < -0.3 is 0 Å². The van der Waals surface area contributed by atoms with Gasteiger partial charge in [0.15, 0.2) is 0 Å². The second-order valence-electron chi connectivity index (χ2n) is 4.50. The van der Waals surface area contributed by atoms with Crippen LogP contribution in [0.25, 0.3) is 0 Å². The number of halogens is 2. The largest absolute Gasteiger partial charge is 0.126 e. The van der Waals surface area contributed by atoms with Crippen LogP contribution in [0.3, 0.4) is 0 Å². The summed E-state index contributed by atoms with van der Waals surface area (Å²) in [5.41, 5.74) is 1.35. The molecule has 0 bridgehead atoms. The Morgan fingerprint density at radius 1 is 1.31 bits per heavy atom. The summed E-state index contributed by atoms with van der Waals surface area (Å²) >= 11 is 9.71. The SMILES string of the molecule is CCCC(C)CC(CCl)c1ccccc1Br. The lowest BCUT2D eigenvalue weighted by atomic mass is 9.89. The normalized spacial score (nSPS) is 14.8. The summed E-state index contributed by atoms with van der Waals surface area (Å²) in [4.78, 5) is 0. The van der Waals surface area contributed by atoms with Crippen molar-refractivity contribution in [1.29, 1.82) is 0 Å². The van der Waals surface area contributed by atoms with Crippen molar-refractivity contribution in [2.45, 2.75) is 39.0 Å². The van der Waals surface area contributed by atoms with Crippen LogP contribution in [-0.4, -0.2) is 5.88 Å². The third kappa shape index (κ3) is 4.10. The van der Waals surface area contributed by atoms with E-state index in [-0.39, 0.29) is 0 Å². The molecule has 0 aliphatic heterocycles. The molecule has 0 saturated carbocycles. The molecule has 1 aromatic rings. The fourth-order valence-electron chi connectivity index (χ4n) is 2.18. The molecule has 2 unspecified atom stereocenters. The second-order valence-corrected chi connectivity index (χ2v) is 5.67. The zero-order chi connectivity index (χ0) is 12.0. The summed E-state index contributed by atoms with van der Waals surface area (Å²) in [6.45, 7) is 4.56. The van der Waals surface area contributed by atoms with Gasteiger partial charge in [-0.3, -0.25) is 0 Å². The van der Waals surface area contributed by atoms with Gasteiger partial charge in [0.05, 0.1) is 0 Å². The van der Waals surface area contributed by atoms with Crippen LogP contribution in [0.5, 0.6) is 0 Å². The fraction of sp³-hybridized carbons (Fsp3) is 0.571. The summed E-state index contributed by atoms with van der Waals surface area (Å²) < 4.78 is 1.18. The van der Waals surface area contributed by atoms with Gasteiger partial charge in [-0.2, -0.15) is 0 Å². The molecule has 0 fully saturated rings. The van der Waals surface area contributed by atoms with Gasteiger partial charge in [-0.15, -0.1) is 11.6 Å². The summed E-state index contributed by atoms with van der Waals surface area (Å²) in [5.74, 6) is 1.93. The highest BCUT2D eigenvalue weighted by Crippen LogP contribution is 2.31. The molecule has 1 rings (SSSR count). The molecule has 0 saturated heterocycles. The zero-order valence-electron chi connectivity index (χ0n) is 10.0. The summed E-state index contributed by atoms with van der Waals surface area (Å²) in [7, 11) is 0. The molecule has 2 heteroatoms. The van der Waals surface area contributed by atoms with Gasteiger partial charge in [0.25, 0.3) is 0 Å². The van der Waals surface area contributed by atoms with Crippen molar-refractivity contribution in [3.05, 3.63) is 34.3 Å². The van der Waals surface area contributed by atoms with Crippen LogP contribution in [-0.2, 0) is 0 Å². The molecule has 1 aromatic carbocycles. The Balaban J connectivity index is 2.71. The maximum atomic E-state index is 6.10. The first-order valence-electron chi connectivity index (χ1n) is 5.99. The third-order valence-corrected chi connectivity index (χ3v) is 4.09. The average Bonchev–Trinajstić information content (AvgIpc) is 2.27. The number of benzene rings is 1. The number of hydrogen-bond donors (Lipinski definition) is 0. The van der Waals surface area contributed by atoms with E-state index in [9.17, 15) is 0 Å². The Morgan fingerprint density at radius 2 is 2.00 bits per heavy atom. The number of hydrogen-bond acceptors (Lipinski definition) is 0. The van der Waals surface area contributed by atoms with E-state index in [2.05, 4.69) is 48.0 Å². The number of alkyl halides is 1. The molecular weight excluding hydrogens is 284 g/mol. The molecule has 90 valence electrons. The molecule has 16 heavy (non-hydrogen) atoms. The highest BCUT2D eigenvalue weighted by molar-refractivity contribution is 9.10. The van der Waals surface area contributed by atoms with Crippen LogP contribution in [0.4, 0.5) is 0 Å². The smallest absolute Gasteiger partial charge is 0.0292 e. The molecule has 0 nitrogen and oxygen atoms in total. The predicted molar refractivity (Wildman–Crippen MR) is 76.3 cm³/mol. The van der Waals surface area contributed by atoms with Gasteiger partial charge in [-0.1, -0.05) is 60.8 Å². The first-order chi connectivity index (χ1) is 7.69. The molecule has 0 aliphatic rings. The van der Waals surface area contributed by atoms with Gasteiger partial charge in [0.2, 0.25) is 0 Å². The van der Waals surface area contributed by atoms with Crippen LogP contribution >= 0.6 is 27.5 Å². The second kappa shape index (κ2) is 7.34. The third-order valence-electron chi connectivity index (χ3n) is 3.00. The van der Waals surface area contributed by atoms with Crippen molar-refractivity contribution in [3.63, 3.8) is 0 Å². The Kier molecular flexibility index (Phi) is 6.45. The lowest BCUT2D eigenvalue weighted by Gasteiger charge is -2.20. The van der Waals surface area contributed by atoms with E-state index in [1.165, 1.54) is 29.3 Å². The molecule has 0 radical (unpaired) electrons. The minimum Gasteiger partial charge on any atom is -0.126 e. The van der Waals surface area contributed by atoms with E-state index in [1.54, 1.807) is 0 Å². The molecule has 2 atom stereocenters. The zero-order valence-corrected chi connectivity index (χ0v) is 12.4. The standard InChI is InChI=1S/C14H20BrCl/c1-3-6-11(2)9-12(10-16)13-7-4-5-8-14(13)15/h4-5,7-8,11-12H,3,6,9-10H2,1-2H3. The highest BCUT2D eigenvalue weighted by atomic mass is 79.9. The molecule has 0 spiro atoms. The lowest BCUT2D eigenvalue weighted by molar-refractivity contribution is 0.450. The van der Waals surface area contributed by atoms with Crippen molar-refractivity contribution >= 4 is 27.5 Å². The Morgan fingerprint density at radius 3 is 2.56 bits per heavy atom. The summed E-state index contributed by atoms with van der Waals surface area (Å²) in [6, 6.07) is 8.41. The average molecular weight is 304 g/mol. The van der Waals surface area contributed by atoms with E-state index in [0.29, 0.717) is 11.8 Å². The fourth-order valence-corrected chi connectivity index (χ4v) is 3.08. The first-order valence-corrected chi connectivity index (χ1v) is 7.32. The Hall–Kier alpha value is -0.0100. The van der Waals surface area contributed by atoms with Gasteiger partial charge in [-0.05, 0) is 29.9 Å². The molecule has 0 heterocycles. The molecule has 0 N–H and O–H groups in total. The summed E-state index contributed by atoms with van der Waals surface area (Å²) in [6.07, 6.45) is 3.73. The van der Waals surface area contributed by atoms with Gasteiger partial charge in [0, 0.05) is 10.4 Å². The van der Waals surface area contributed by atoms with Crippen molar-refractivity contribution in [1.82, 2.24) is 0 Å². The minimum atomic E-state index is 0.471. The van der Waals surface area contributed by atoms with Gasteiger partial charge >= 0.3 is 0 Å². The topological polar surface area (TPSA) is 0 Å². The van der Waals surface area contributed by atoms with Crippen molar-refractivity contribution in [3.8, 4) is 0 Å². The molecule has 0 amide bonds. The predicted octanol–water partition coefficient (Wildman–Crippen LogP) is 5.60. The molecular formula is C14H20BrCl. The van der Waals surface area contributed by atoms with Crippen LogP contribution < -0.4 is 0 Å². The van der Waals surface area contributed by atoms with E-state index < -0.39 is 0 Å². The maximum Gasteiger partial charge on any atom is 0.0292 e. The first kappa shape index (κ1) is 14.1. The van der Waals surface area contributed by atoms with Crippen LogP contribution in [0.2, 0.25) is 0 Å². The van der Waals surface area contributed by atoms with Crippen LogP contribution in [0.1, 0.15) is 44.6 Å². The monoisotopic (exact) mass is 302 g/mol. The van der Waals surface area contributed by atoms with E-state index in [1.807, 2.05) is 6.07 Å². The van der Waals surface area contributed by atoms with E-state index in [4.69, 9.17) is 11.6 Å². The van der Waals surface area contributed by atoms with Crippen molar-refractivity contribution < 1.29 is 0 Å². The lowest BCUT2D eigenvalue weighted by Crippen LogP contribution is -2.07. The van der Waals surface area contributed by atoms with Crippen molar-refractivity contribution in [2.24, 2.45) is 5.92 Å². The van der Waals surface area contributed by atoms with E-state index >= 15 is 0 Å². The highest BCUT2D eigenvalue weighted by Gasteiger charge is 2.16. The maximum absolute atomic E-state index is 6.10. The van der Waals surface area contributed by atoms with Crippen LogP contribution in [0, 0.1) is 5.92 Å². The summed E-state index contributed by atoms with van der Waals surface area (Å²) in [5, 5.41) is 0.